The summed E-state index contributed by atoms with van der Waals surface area (Å²) in [5, 5.41) is 3.85. The molecule has 0 bridgehead atoms. The van der Waals surface area contributed by atoms with Crippen LogP contribution in [-0.2, 0) is 12.2 Å². The summed E-state index contributed by atoms with van der Waals surface area (Å²) in [7, 11) is 0. The van der Waals surface area contributed by atoms with Gasteiger partial charge < -0.3 is 10.3 Å². The largest absolute Gasteiger partial charge is 0.352 e. The molecule has 5 nitrogen and oxygen atoms in total. The minimum absolute atomic E-state index is 0.0586. The van der Waals surface area contributed by atoms with E-state index in [4.69, 9.17) is 0 Å². The van der Waals surface area contributed by atoms with Crippen molar-refractivity contribution in [3.63, 3.8) is 0 Å². The highest BCUT2D eigenvalue weighted by atomic mass is 32.2. The Kier molecular flexibility index (Phi) is 5.68. The fourth-order valence-corrected chi connectivity index (χ4v) is 3.85. The zero-order valence-electron chi connectivity index (χ0n) is 15.3. The van der Waals surface area contributed by atoms with E-state index in [-0.39, 0.29) is 5.91 Å². The molecule has 1 amide bonds. The van der Waals surface area contributed by atoms with Gasteiger partial charge in [-0.15, -0.1) is 0 Å². The molecular formula is C22H20N4OS. The van der Waals surface area contributed by atoms with Gasteiger partial charge in [0.25, 0.3) is 5.91 Å². The van der Waals surface area contributed by atoms with Gasteiger partial charge in [-0.1, -0.05) is 48.2 Å². The molecule has 0 aliphatic rings. The summed E-state index contributed by atoms with van der Waals surface area (Å²) in [5.74, 6) is 0.612. The topological polar surface area (TPSA) is 70.7 Å². The molecule has 2 heterocycles. The molecule has 0 unspecified atom stereocenters. The third-order valence-electron chi connectivity index (χ3n) is 4.39. The van der Waals surface area contributed by atoms with Crippen molar-refractivity contribution in [2.75, 3.05) is 6.54 Å². The molecular weight excluding hydrogens is 368 g/mol. The van der Waals surface area contributed by atoms with Crippen molar-refractivity contribution in [1.29, 1.82) is 0 Å². The Labute approximate surface area is 167 Å². The third kappa shape index (κ3) is 4.40. The van der Waals surface area contributed by atoms with Crippen LogP contribution in [0.2, 0.25) is 0 Å². The van der Waals surface area contributed by atoms with Crippen LogP contribution in [0.15, 0.2) is 78.1 Å². The summed E-state index contributed by atoms with van der Waals surface area (Å²) >= 11 is 1.59. The van der Waals surface area contributed by atoms with Gasteiger partial charge in [0.2, 0.25) is 0 Å². The third-order valence-corrected chi connectivity index (χ3v) is 5.31. The molecule has 4 rings (SSSR count). The van der Waals surface area contributed by atoms with E-state index in [9.17, 15) is 4.79 Å². The summed E-state index contributed by atoms with van der Waals surface area (Å²) < 4.78 is 0. The zero-order chi connectivity index (χ0) is 19.2. The Morgan fingerprint density at radius 3 is 2.68 bits per heavy atom. The molecule has 0 saturated heterocycles. The number of fused-ring (bicyclic) bond motifs is 1. The van der Waals surface area contributed by atoms with Crippen LogP contribution in [0.3, 0.4) is 0 Å². The molecule has 2 N–H and O–H groups in total. The number of aromatic nitrogens is 3. The van der Waals surface area contributed by atoms with Crippen LogP contribution in [0, 0.1) is 0 Å². The van der Waals surface area contributed by atoms with Crippen LogP contribution in [0.25, 0.3) is 11.0 Å². The lowest BCUT2D eigenvalue weighted by molar-refractivity contribution is 0.0953. The molecule has 6 heteroatoms. The number of carbonyl (C=O) groups is 1. The van der Waals surface area contributed by atoms with Crippen molar-refractivity contribution < 1.29 is 4.79 Å². The zero-order valence-corrected chi connectivity index (χ0v) is 16.1. The molecule has 0 radical (unpaired) electrons. The lowest BCUT2D eigenvalue weighted by Gasteiger charge is -2.09. The first-order chi connectivity index (χ1) is 13.8. The fourth-order valence-electron chi connectivity index (χ4n) is 2.96. The monoisotopic (exact) mass is 388 g/mol. The number of aromatic amines is 1. The highest BCUT2D eigenvalue weighted by Gasteiger charge is 2.12. The minimum Gasteiger partial charge on any atom is -0.352 e. The maximum atomic E-state index is 12.6. The van der Waals surface area contributed by atoms with Crippen LogP contribution >= 0.6 is 11.8 Å². The standard InChI is InChI=1S/C22H20N4OS/c27-21(24-14-12-17-8-5-6-13-23-17)18-9-2-1-7-16(18)15-28-22-25-19-10-3-4-11-20(19)26-22/h1-11,13H,12,14-15H2,(H,24,27)(H,25,26). The predicted molar refractivity (Wildman–Crippen MR) is 112 cm³/mol. The second-order valence-electron chi connectivity index (χ2n) is 6.33. The molecule has 0 atom stereocenters. The Morgan fingerprint density at radius 1 is 1.00 bits per heavy atom. The van der Waals surface area contributed by atoms with Gasteiger partial charge in [-0.05, 0) is 35.9 Å². The maximum absolute atomic E-state index is 12.6. The van der Waals surface area contributed by atoms with E-state index in [1.807, 2.05) is 66.7 Å². The summed E-state index contributed by atoms with van der Waals surface area (Å²) in [5.41, 5.74) is 4.63. The first-order valence-corrected chi connectivity index (χ1v) is 10.1. The lowest BCUT2D eigenvalue weighted by Crippen LogP contribution is -2.26. The van der Waals surface area contributed by atoms with Gasteiger partial charge in [-0.3, -0.25) is 9.78 Å². The number of rotatable bonds is 7. The number of thioether (sulfide) groups is 1. The number of hydrogen-bond donors (Lipinski definition) is 2. The van der Waals surface area contributed by atoms with E-state index in [1.54, 1.807) is 18.0 Å². The van der Waals surface area contributed by atoms with Crippen molar-refractivity contribution in [3.05, 3.63) is 89.7 Å². The van der Waals surface area contributed by atoms with Crippen LogP contribution in [0.1, 0.15) is 21.6 Å². The molecule has 2 aromatic heterocycles. The second kappa shape index (κ2) is 8.71. The number of imidazole rings is 1. The molecule has 0 fully saturated rings. The highest BCUT2D eigenvalue weighted by Crippen LogP contribution is 2.24. The van der Waals surface area contributed by atoms with E-state index >= 15 is 0 Å². The number of nitrogens with zero attached hydrogens (tertiary/aromatic N) is 2. The van der Waals surface area contributed by atoms with Crippen LogP contribution in [0.5, 0.6) is 0 Å². The van der Waals surface area contributed by atoms with E-state index in [2.05, 4.69) is 20.3 Å². The quantitative estimate of drug-likeness (QED) is 0.465. The maximum Gasteiger partial charge on any atom is 0.251 e. The number of benzene rings is 2. The Balaban J connectivity index is 1.39. The number of carbonyl (C=O) groups excluding carboxylic acids is 1. The van der Waals surface area contributed by atoms with Gasteiger partial charge in [0.05, 0.1) is 11.0 Å². The molecule has 0 aliphatic heterocycles. The predicted octanol–water partition coefficient (Wildman–Crippen LogP) is 4.22. The summed E-state index contributed by atoms with van der Waals surface area (Å²) in [4.78, 5) is 24.8. The van der Waals surface area contributed by atoms with Crippen LogP contribution in [-0.4, -0.2) is 27.4 Å². The molecule has 0 saturated carbocycles. The normalized spacial score (nSPS) is 10.9. The van der Waals surface area contributed by atoms with E-state index < -0.39 is 0 Å². The van der Waals surface area contributed by atoms with Crippen LogP contribution < -0.4 is 5.32 Å². The smallest absolute Gasteiger partial charge is 0.251 e. The van der Waals surface area contributed by atoms with Crippen LogP contribution in [0.4, 0.5) is 0 Å². The summed E-state index contributed by atoms with van der Waals surface area (Å²) in [6.07, 6.45) is 2.48. The van der Waals surface area contributed by atoms with E-state index in [1.165, 1.54) is 0 Å². The van der Waals surface area contributed by atoms with Crippen molar-refractivity contribution in [1.82, 2.24) is 20.3 Å². The van der Waals surface area contributed by atoms with Gasteiger partial charge >= 0.3 is 0 Å². The molecule has 0 spiro atoms. The SMILES string of the molecule is O=C(NCCc1ccccn1)c1ccccc1CSc1nc2ccccc2[nH]1. The van der Waals surface area contributed by atoms with Gasteiger partial charge in [-0.2, -0.15) is 0 Å². The van der Waals surface area contributed by atoms with Gasteiger partial charge in [0, 0.05) is 36.2 Å². The second-order valence-corrected chi connectivity index (χ2v) is 7.30. The average molecular weight is 388 g/mol. The molecule has 0 aliphatic carbocycles. The Morgan fingerprint density at radius 2 is 1.82 bits per heavy atom. The van der Waals surface area contributed by atoms with Crippen molar-refractivity contribution in [2.45, 2.75) is 17.3 Å². The van der Waals surface area contributed by atoms with Crippen molar-refractivity contribution >= 4 is 28.7 Å². The molecule has 2 aromatic carbocycles. The summed E-state index contributed by atoms with van der Waals surface area (Å²) in [6, 6.07) is 21.5. The number of H-pyrrole nitrogens is 1. The number of amides is 1. The first-order valence-electron chi connectivity index (χ1n) is 9.13. The van der Waals surface area contributed by atoms with Gasteiger partial charge in [-0.25, -0.2) is 4.98 Å². The molecule has 4 aromatic rings. The van der Waals surface area contributed by atoms with E-state index in [0.29, 0.717) is 24.3 Å². The Hall–Kier alpha value is -3.12. The number of hydrogen-bond acceptors (Lipinski definition) is 4. The number of para-hydroxylation sites is 2. The highest BCUT2D eigenvalue weighted by molar-refractivity contribution is 7.98. The molecule has 28 heavy (non-hydrogen) atoms. The first kappa shape index (κ1) is 18.3. The van der Waals surface area contributed by atoms with Gasteiger partial charge in [0.1, 0.15) is 0 Å². The number of pyridine rings is 1. The Bertz CT molecular complexity index is 1050. The number of nitrogens with one attached hydrogen (secondary N) is 2. The fraction of sp³-hybridized carbons (Fsp3) is 0.136. The average Bonchev–Trinajstić information content (AvgIpc) is 3.16. The van der Waals surface area contributed by atoms with Crippen molar-refractivity contribution in [2.24, 2.45) is 0 Å². The molecule has 140 valence electrons. The lowest BCUT2D eigenvalue weighted by atomic mass is 10.1. The van der Waals surface area contributed by atoms with E-state index in [0.717, 1.165) is 27.4 Å². The van der Waals surface area contributed by atoms with Crippen molar-refractivity contribution in [3.8, 4) is 0 Å². The minimum atomic E-state index is -0.0586. The van der Waals surface area contributed by atoms with Gasteiger partial charge in [0.15, 0.2) is 5.16 Å². The summed E-state index contributed by atoms with van der Waals surface area (Å²) in [6.45, 7) is 0.556.